The Hall–Kier alpha value is -0.800. The van der Waals surface area contributed by atoms with E-state index in [0.717, 1.165) is 5.01 Å². The van der Waals surface area contributed by atoms with E-state index in [0.29, 0.717) is 0 Å². The molecular weight excluding hydrogens is 208 g/mol. The highest BCUT2D eigenvalue weighted by Gasteiger charge is 2.45. The second-order valence-electron chi connectivity index (χ2n) is 3.37. The van der Waals surface area contributed by atoms with Gasteiger partial charge in [-0.1, -0.05) is 0 Å². The van der Waals surface area contributed by atoms with Crippen LogP contribution in [0.1, 0.15) is 0 Å². The Morgan fingerprint density at radius 1 is 1.27 bits per heavy atom. The molecule has 0 amide bonds. The summed E-state index contributed by atoms with van der Waals surface area (Å²) in [5.74, 6) is 0. The van der Waals surface area contributed by atoms with Crippen molar-refractivity contribution in [1.82, 2.24) is 5.01 Å². The van der Waals surface area contributed by atoms with Gasteiger partial charge in [-0.2, -0.15) is 0 Å². The summed E-state index contributed by atoms with van der Waals surface area (Å²) in [6.45, 7) is -0.534. The van der Waals surface area contributed by atoms with E-state index in [-0.39, 0.29) is 0 Å². The SMILES string of the molecule is CN(N=O)[C@@H]1O[C@H](CO)[C@H](O)[C@H](O)[C@H]1O. The van der Waals surface area contributed by atoms with Crippen molar-refractivity contribution in [3.8, 4) is 0 Å². The minimum Gasteiger partial charge on any atom is -0.394 e. The summed E-state index contributed by atoms with van der Waals surface area (Å²) in [6, 6.07) is 0. The fourth-order valence-corrected chi connectivity index (χ4v) is 1.44. The number of ether oxygens (including phenoxy) is 1. The highest BCUT2D eigenvalue weighted by Crippen LogP contribution is 2.22. The van der Waals surface area contributed by atoms with Crippen LogP contribution in [-0.4, -0.2) is 69.7 Å². The Morgan fingerprint density at radius 2 is 1.87 bits per heavy atom. The van der Waals surface area contributed by atoms with Crippen molar-refractivity contribution in [3.05, 3.63) is 4.91 Å². The summed E-state index contributed by atoms with van der Waals surface area (Å²) in [7, 11) is 1.25. The number of hydrogen-bond donors (Lipinski definition) is 4. The van der Waals surface area contributed by atoms with Crippen molar-refractivity contribution in [1.29, 1.82) is 0 Å². The molecule has 0 spiro atoms. The molecule has 1 saturated heterocycles. The van der Waals surface area contributed by atoms with Gasteiger partial charge in [0.15, 0.2) is 6.23 Å². The quantitative estimate of drug-likeness (QED) is 0.305. The molecule has 0 radical (unpaired) electrons. The van der Waals surface area contributed by atoms with Crippen LogP contribution in [-0.2, 0) is 4.74 Å². The van der Waals surface area contributed by atoms with Gasteiger partial charge in [0.1, 0.15) is 24.4 Å². The largest absolute Gasteiger partial charge is 0.394 e. The second-order valence-corrected chi connectivity index (χ2v) is 3.37. The van der Waals surface area contributed by atoms with Crippen LogP contribution in [0.25, 0.3) is 0 Å². The van der Waals surface area contributed by atoms with Crippen molar-refractivity contribution in [2.75, 3.05) is 13.7 Å². The first-order chi connectivity index (χ1) is 7.02. The number of nitrogens with zero attached hydrogens (tertiary/aromatic N) is 2. The van der Waals surface area contributed by atoms with E-state index < -0.39 is 37.3 Å². The Labute approximate surface area is 85.6 Å². The molecule has 5 atom stereocenters. The fourth-order valence-electron chi connectivity index (χ4n) is 1.44. The van der Waals surface area contributed by atoms with Gasteiger partial charge in [0.2, 0.25) is 0 Å². The third-order valence-corrected chi connectivity index (χ3v) is 2.36. The lowest BCUT2D eigenvalue weighted by atomic mass is 9.98. The van der Waals surface area contributed by atoms with Crippen LogP contribution in [0.15, 0.2) is 5.29 Å². The van der Waals surface area contributed by atoms with Gasteiger partial charge in [-0.25, -0.2) is 5.01 Å². The lowest BCUT2D eigenvalue weighted by molar-refractivity contribution is -0.262. The summed E-state index contributed by atoms with van der Waals surface area (Å²) in [6.07, 6.45) is -6.60. The summed E-state index contributed by atoms with van der Waals surface area (Å²) in [5.41, 5.74) is 0. The van der Waals surface area contributed by atoms with Gasteiger partial charge in [0.05, 0.1) is 11.9 Å². The topological polar surface area (TPSA) is 123 Å². The maximum absolute atomic E-state index is 10.2. The first-order valence-electron chi connectivity index (χ1n) is 4.39. The molecule has 4 N–H and O–H groups in total. The number of aliphatic hydroxyl groups excluding tert-OH is 4. The van der Waals surface area contributed by atoms with Crippen LogP contribution >= 0.6 is 0 Å². The van der Waals surface area contributed by atoms with Crippen LogP contribution in [0.2, 0.25) is 0 Å². The van der Waals surface area contributed by atoms with Crippen LogP contribution in [0.3, 0.4) is 0 Å². The summed E-state index contributed by atoms with van der Waals surface area (Å²) >= 11 is 0. The third kappa shape index (κ3) is 2.24. The van der Waals surface area contributed by atoms with E-state index in [2.05, 4.69) is 5.29 Å². The lowest BCUT2D eigenvalue weighted by Gasteiger charge is -2.41. The third-order valence-electron chi connectivity index (χ3n) is 2.36. The number of likely N-dealkylation sites (N-methyl/N-ethyl adjacent to an activating group) is 1. The first-order valence-corrected chi connectivity index (χ1v) is 4.39. The van der Waals surface area contributed by atoms with E-state index in [1.54, 1.807) is 0 Å². The van der Waals surface area contributed by atoms with E-state index >= 15 is 0 Å². The molecule has 15 heavy (non-hydrogen) atoms. The Kier molecular flexibility index (Phi) is 3.94. The zero-order valence-corrected chi connectivity index (χ0v) is 8.09. The minimum atomic E-state index is -1.50. The molecule has 8 nitrogen and oxygen atoms in total. The van der Waals surface area contributed by atoms with E-state index in [1.165, 1.54) is 7.05 Å². The zero-order valence-electron chi connectivity index (χ0n) is 8.09. The number of aliphatic hydroxyl groups is 4. The molecule has 88 valence electrons. The minimum absolute atomic E-state index is 0.534. The average Bonchev–Trinajstić information content (AvgIpc) is 2.25. The highest BCUT2D eigenvalue weighted by atomic mass is 16.6. The van der Waals surface area contributed by atoms with E-state index in [4.69, 9.17) is 9.84 Å². The van der Waals surface area contributed by atoms with Crippen molar-refractivity contribution >= 4 is 0 Å². The van der Waals surface area contributed by atoms with Gasteiger partial charge in [0.25, 0.3) is 0 Å². The van der Waals surface area contributed by atoms with Gasteiger partial charge in [-0.3, -0.25) is 0 Å². The summed E-state index contributed by atoms with van der Waals surface area (Å²) < 4.78 is 5.01. The number of nitroso groups, excluding NO2 is 1. The van der Waals surface area contributed by atoms with Crippen molar-refractivity contribution in [2.24, 2.45) is 5.29 Å². The van der Waals surface area contributed by atoms with Crippen molar-refractivity contribution in [3.63, 3.8) is 0 Å². The zero-order chi connectivity index (χ0) is 11.6. The molecule has 8 heteroatoms. The predicted molar refractivity (Wildman–Crippen MR) is 47.3 cm³/mol. The molecule has 1 aliphatic rings. The Bertz CT molecular complexity index is 226. The summed E-state index contributed by atoms with van der Waals surface area (Å²) in [5, 5.41) is 40.3. The number of hydrogen-bond acceptors (Lipinski definition) is 7. The summed E-state index contributed by atoms with van der Waals surface area (Å²) in [4.78, 5) is 10.2. The second kappa shape index (κ2) is 4.81. The molecule has 1 aliphatic heterocycles. The molecule has 1 heterocycles. The van der Waals surface area contributed by atoms with Crippen LogP contribution in [0.4, 0.5) is 0 Å². The lowest BCUT2D eigenvalue weighted by Crippen LogP contribution is -2.61. The van der Waals surface area contributed by atoms with Gasteiger partial charge < -0.3 is 25.2 Å². The molecular formula is C7H14N2O6. The van der Waals surface area contributed by atoms with Gasteiger partial charge in [-0.05, 0) is 0 Å². The molecule has 0 aromatic rings. The molecule has 1 rings (SSSR count). The standard InChI is InChI=1S/C7H14N2O6/c1-9(8-14)7-6(13)5(12)4(11)3(2-10)15-7/h3-7,10-13H,2H2,1H3/t3-,4+,5+,6-,7-/m1/s1. The number of rotatable bonds is 3. The van der Waals surface area contributed by atoms with Crippen LogP contribution in [0, 0.1) is 4.91 Å². The normalized spacial score (nSPS) is 41.3. The van der Waals surface area contributed by atoms with E-state index in [9.17, 15) is 20.2 Å². The van der Waals surface area contributed by atoms with Crippen LogP contribution in [0.5, 0.6) is 0 Å². The van der Waals surface area contributed by atoms with E-state index in [1.807, 2.05) is 0 Å². The molecule has 0 unspecified atom stereocenters. The highest BCUT2D eigenvalue weighted by molar-refractivity contribution is 4.90. The predicted octanol–water partition coefficient (Wildman–Crippen LogP) is -2.60. The van der Waals surface area contributed by atoms with Crippen molar-refractivity contribution in [2.45, 2.75) is 30.6 Å². The van der Waals surface area contributed by atoms with Crippen molar-refractivity contribution < 1.29 is 25.2 Å². The molecule has 0 aromatic carbocycles. The molecule has 0 saturated carbocycles. The monoisotopic (exact) mass is 222 g/mol. The Morgan fingerprint density at radius 3 is 2.33 bits per heavy atom. The average molecular weight is 222 g/mol. The maximum atomic E-state index is 10.2. The molecule has 0 bridgehead atoms. The molecule has 0 aromatic heterocycles. The van der Waals surface area contributed by atoms with Gasteiger partial charge >= 0.3 is 0 Å². The fraction of sp³-hybridized carbons (Fsp3) is 1.00. The smallest absolute Gasteiger partial charge is 0.177 e. The maximum Gasteiger partial charge on any atom is 0.177 e. The first kappa shape index (κ1) is 12.3. The Balaban J connectivity index is 2.78. The molecule has 1 fully saturated rings. The van der Waals surface area contributed by atoms with Gasteiger partial charge in [-0.15, -0.1) is 4.91 Å². The molecule has 0 aliphatic carbocycles. The van der Waals surface area contributed by atoms with Crippen LogP contribution < -0.4 is 0 Å². The van der Waals surface area contributed by atoms with Gasteiger partial charge in [0, 0.05) is 7.05 Å².